The fourth-order valence-electron chi connectivity index (χ4n) is 3.56. The van der Waals surface area contributed by atoms with Crippen LogP contribution in [0.1, 0.15) is 16.8 Å². The highest BCUT2D eigenvalue weighted by molar-refractivity contribution is 6.05. The van der Waals surface area contributed by atoms with E-state index in [1.165, 1.54) is 0 Å². The second-order valence-electron chi connectivity index (χ2n) is 7.58. The predicted octanol–water partition coefficient (Wildman–Crippen LogP) is 4.15. The van der Waals surface area contributed by atoms with Crippen molar-refractivity contribution in [1.29, 1.82) is 0 Å². The first kappa shape index (κ1) is 23.0. The van der Waals surface area contributed by atoms with E-state index in [1.54, 1.807) is 61.6 Å². The van der Waals surface area contributed by atoms with Gasteiger partial charge in [0.15, 0.2) is 6.61 Å². The summed E-state index contributed by atoms with van der Waals surface area (Å²) >= 11 is 0. The lowest BCUT2D eigenvalue weighted by Crippen LogP contribution is -2.39. The topological polar surface area (TPSA) is 86.3 Å². The fourth-order valence-corrected chi connectivity index (χ4v) is 3.56. The molecular weight excluding hydrogens is 436 g/mol. The van der Waals surface area contributed by atoms with E-state index in [-0.39, 0.29) is 18.4 Å². The van der Waals surface area contributed by atoms with Crippen LogP contribution in [0.3, 0.4) is 0 Å². The number of benzene rings is 3. The Kier molecular flexibility index (Phi) is 7.17. The number of fused-ring (bicyclic) bond motifs is 1. The molecule has 0 unspecified atom stereocenters. The first-order valence-corrected chi connectivity index (χ1v) is 10.9. The lowest BCUT2D eigenvalue weighted by atomic mass is 10.1. The quantitative estimate of drug-likeness (QED) is 0.481. The van der Waals surface area contributed by atoms with Gasteiger partial charge in [0.25, 0.3) is 11.8 Å². The Balaban J connectivity index is 1.39. The summed E-state index contributed by atoms with van der Waals surface area (Å²) < 4.78 is 21.6. The van der Waals surface area contributed by atoms with Crippen LogP contribution in [0.2, 0.25) is 0 Å². The van der Waals surface area contributed by atoms with E-state index in [9.17, 15) is 9.59 Å². The molecule has 8 heteroatoms. The maximum absolute atomic E-state index is 12.6. The highest BCUT2D eigenvalue weighted by Gasteiger charge is 2.25. The van der Waals surface area contributed by atoms with Crippen molar-refractivity contribution in [3.05, 3.63) is 72.3 Å². The lowest BCUT2D eigenvalue weighted by Gasteiger charge is -2.30. The molecule has 4 rings (SSSR count). The average Bonchev–Trinajstić information content (AvgIpc) is 2.88. The van der Waals surface area contributed by atoms with E-state index in [1.807, 2.05) is 24.3 Å². The first-order chi connectivity index (χ1) is 16.6. The summed E-state index contributed by atoms with van der Waals surface area (Å²) in [4.78, 5) is 26.8. The largest absolute Gasteiger partial charge is 0.497 e. The van der Waals surface area contributed by atoms with Gasteiger partial charge in [0.2, 0.25) is 0 Å². The van der Waals surface area contributed by atoms with Gasteiger partial charge in [-0.2, -0.15) is 0 Å². The Morgan fingerprint density at radius 3 is 2.26 bits per heavy atom. The summed E-state index contributed by atoms with van der Waals surface area (Å²) in [6.45, 7) is 0.880. The molecule has 1 heterocycles. The fraction of sp³-hybridized carbons (Fsp3) is 0.231. The van der Waals surface area contributed by atoms with Crippen molar-refractivity contribution in [3.63, 3.8) is 0 Å². The van der Waals surface area contributed by atoms with Crippen LogP contribution in [0.15, 0.2) is 66.7 Å². The molecule has 8 nitrogen and oxygen atoms in total. The summed E-state index contributed by atoms with van der Waals surface area (Å²) in [6.07, 6.45) is 0.625. The number of carbonyl (C=O) groups is 2. The normalized spacial score (nSPS) is 12.4. The molecule has 1 N–H and O–H groups in total. The summed E-state index contributed by atoms with van der Waals surface area (Å²) in [7, 11) is 3.19. The molecular formula is C26H26N2O6. The van der Waals surface area contributed by atoms with E-state index in [0.717, 1.165) is 11.5 Å². The molecule has 0 fully saturated rings. The number of ether oxygens (including phenoxy) is 4. The van der Waals surface area contributed by atoms with E-state index in [4.69, 9.17) is 18.9 Å². The van der Waals surface area contributed by atoms with Gasteiger partial charge in [-0.3, -0.25) is 9.59 Å². The SMILES string of the molecule is COc1ccc(OCCCN2C(=O)COc3ccc(NC(=O)c4ccc(OC)cc4)cc32)cc1. The summed E-state index contributed by atoms with van der Waals surface area (Å²) in [6, 6.07) is 19.4. The van der Waals surface area contributed by atoms with Crippen LogP contribution in [0, 0.1) is 0 Å². The molecule has 0 aromatic heterocycles. The Morgan fingerprint density at radius 2 is 1.59 bits per heavy atom. The maximum Gasteiger partial charge on any atom is 0.265 e. The lowest BCUT2D eigenvalue weighted by molar-refractivity contribution is -0.121. The molecule has 1 aliphatic rings. The molecule has 0 bridgehead atoms. The number of anilines is 2. The molecule has 0 atom stereocenters. The molecule has 0 radical (unpaired) electrons. The third kappa shape index (κ3) is 5.40. The molecule has 3 aromatic carbocycles. The third-order valence-corrected chi connectivity index (χ3v) is 5.37. The van der Waals surface area contributed by atoms with E-state index in [0.29, 0.717) is 48.0 Å². The molecule has 176 valence electrons. The van der Waals surface area contributed by atoms with Crippen molar-refractivity contribution in [1.82, 2.24) is 0 Å². The van der Waals surface area contributed by atoms with Crippen LogP contribution in [0.4, 0.5) is 11.4 Å². The van der Waals surface area contributed by atoms with Crippen molar-refractivity contribution in [2.75, 3.05) is 44.2 Å². The molecule has 0 aliphatic carbocycles. The van der Waals surface area contributed by atoms with Gasteiger partial charge in [-0.05, 0) is 73.2 Å². The van der Waals surface area contributed by atoms with Gasteiger partial charge < -0.3 is 29.2 Å². The van der Waals surface area contributed by atoms with E-state index < -0.39 is 0 Å². The zero-order valence-electron chi connectivity index (χ0n) is 19.1. The van der Waals surface area contributed by atoms with E-state index >= 15 is 0 Å². The van der Waals surface area contributed by atoms with Crippen LogP contribution in [0.5, 0.6) is 23.0 Å². The highest BCUT2D eigenvalue weighted by atomic mass is 16.5. The summed E-state index contributed by atoms with van der Waals surface area (Å²) in [5.41, 5.74) is 1.68. The second-order valence-corrected chi connectivity index (χ2v) is 7.58. The van der Waals surface area contributed by atoms with Gasteiger partial charge in [0, 0.05) is 17.8 Å². The number of methoxy groups -OCH3 is 2. The third-order valence-electron chi connectivity index (χ3n) is 5.37. The number of rotatable bonds is 9. The summed E-state index contributed by atoms with van der Waals surface area (Å²) in [5, 5.41) is 2.87. The van der Waals surface area contributed by atoms with Crippen LogP contribution >= 0.6 is 0 Å². The molecule has 0 saturated carbocycles. The van der Waals surface area contributed by atoms with Crippen LogP contribution in [0.25, 0.3) is 0 Å². The zero-order chi connectivity index (χ0) is 23.9. The Hall–Kier alpha value is -4.20. The van der Waals surface area contributed by atoms with Crippen molar-refractivity contribution in [2.24, 2.45) is 0 Å². The Bertz CT molecular complexity index is 1140. The number of amides is 2. The Labute approximate surface area is 198 Å². The van der Waals surface area contributed by atoms with Crippen molar-refractivity contribution >= 4 is 23.2 Å². The van der Waals surface area contributed by atoms with Gasteiger partial charge in [-0.25, -0.2) is 0 Å². The van der Waals surface area contributed by atoms with E-state index in [2.05, 4.69) is 5.32 Å². The van der Waals surface area contributed by atoms with Crippen LogP contribution in [-0.2, 0) is 4.79 Å². The predicted molar refractivity (Wildman–Crippen MR) is 128 cm³/mol. The van der Waals surface area contributed by atoms with Crippen LogP contribution in [-0.4, -0.2) is 45.8 Å². The number of carbonyl (C=O) groups excluding carboxylic acids is 2. The maximum atomic E-state index is 12.6. The molecule has 0 spiro atoms. The smallest absolute Gasteiger partial charge is 0.265 e. The highest BCUT2D eigenvalue weighted by Crippen LogP contribution is 2.35. The number of hydrogen-bond acceptors (Lipinski definition) is 6. The molecule has 0 saturated heterocycles. The molecule has 1 aliphatic heterocycles. The zero-order valence-corrected chi connectivity index (χ0v) is 19.1. The minimum absolute atomic E-state index is 0.0239. The van der Waals surface area contributed by atoms with Crippen molar-refractivity contribution in [3.8, 4) is 23.0 Å². The average molecular weight is 463 g/mol. The van der Waals surface area contributed by atoms with Gasteiger partial charge in [-0.1, -0.05) is 0 Å². The Morgan fingerprint density at radius 1 is 0.941 bits per heavy atom. The number of nitrogens with zero attached hydrogens (tertiary/aromatic N) is 1. The minimum atomic E-state index is -0.259. The van der Waals surface area contributed by atoms with Crippen molar-refractivity contribution < 1.29 is 28.5 Å². The molecule has 3 aromatic rings. The van der Waals surface area contributed by atoms with Gasteiger partial charge in [0.1, 0.15) is 23.0 Å². The molecule has 34 heavy (non-hydrogen) atoms. The minimum Gasteiger partial charge on any atom is -0.497 e. The first-order valence-electron chi connectivity index (χ1n) is 10.9. The van der Waals surface area contributed by atoms with Crippen LogP contribution < -0.4 is 29.2 Å². The second kappa shape index (κ2) is 10.6. The standard InChI is InChI=1S/C26H26N2O6/c1-31-20-7-4-18(5-8-20)26(30)27-19-6-13-24-23(16-19)28(25(29)17-34-24)14-3-15-33-22-11-9-21(32-2)10-12-22/h4-13,16H,3,14-15,17H2,1-2H3,(H,27,30). The molecule has 2 amide bonds. The van der Waals surface area contributed by atoms with Crippen molar-refractivity contribution in [2.45, 2.75) is 6.42 Å². The monoisotopic (exact) mass is 462 g/mol. The number of hydrogen-bond donors (Lipinski definition) is 1. The van der Waals surface area contributed by atoms with Gasteiger partial charge >= 0.3 is 0 Å². The summed E-state index contributed by atoms with van der Waals surface area (Å²) in [5.74, 6) is 2.36. The van der Waals surface area contributed by atoms with Gasteiger partial charge in [0.05, 0.1) is 26.5 Å². The van der Waals surface area contributed by atoms with Gasteiger partial charge in [-0.15, -0.1) is 0 Å². The number of nitrogens with one attached hydrogen (secondary N) is 1.